The van der Waals surface area contributed by atoms with Crippen LogP contribution in [0.15, 0.2) is 79.8 Å². The van der Waals surface area contributed by atoms with E-state index in [0.717, 1.165) is 10.0 Å². The van der Waals surface area contributed by atoms with Crippen molar-refractivity contribution in [2.75, 3.05) is 5.32 Å². The zero-order valence-corrected chi connectivity index (χ0v) is 20.5. The highest BCUT2D eigenvalue weighted by Gasteiger charge is 2.25. The number of anilines is 1. The fourth-order valence-corrected chi connectivity index (χ4v) is 6.43. The van der Waals surface area contributed by atoms with Crippen molar-refractivity contribution in [3.8, 4) is 0 Å². The third kappa shape index (κ3) is 5.02. The highest BCUT2D eigenvalue weighted by atomic mass is 79.9. The van der Waals surface area contributed by atoms with Crippen LogP contribution in [0.5, 0.6) is 0 Å². The van der Waals surface area contributed by atoms with Crippen LogP contribution in [0.4, 0.5) is 5.69 Å². The molecular formula is C22H14BrCl2NO3S2. The lowest BCUT2D eigenvalue weighted by atomic mass is 10.2. The number of sulfone groups is 1. The molecule has 0 spiro atoms. The van der Waals surface area contributed by atoms with Gasteiger partial charge in [0.15, 0.2) is 9.84 Å². The zero-order chi connectivity index (χ0) is 22.2. The SMILES string of the molecule is O=C1Nc2ccc(S(=O)(=O)Cc3c(Cl)cccc3Cl)cc2SC1=Cc1ccc(Br)cc1. The number of hydrogen-bond donors (Lipinski definition) is 1. The Kier molecular flexibility index (Phi) is 6.51. The summed E-state index contributed by atoms with van der Waals surface area (Å²) < 4.78 is 27.0. The van der Waals surface area contributed by atoms with Crippen molar-refractivity contribution in [1.82, 2.24) is 0 Å². The first-order chi connectivity index (χ1) is 14.7. The lowest BCUT2D eigenvalue weighted by Gasteiger charge is -2.19. The average molecular weight is 555 g/mol. The number of nitrogens with one attached hydrogen (secondary N) is 1. The van der Waals surface area contributed by atoms with Crippen molar-refractivity contribution < 1.29 is 13.2 Å². The molecule has 3 aromatic carbocycles. The molecule has 0 aromatic heterocycles. The molecule has 0 bridgehead atoms. The monoisotopic (exact) mass is 553 g/mol. The molecule has 9 heteroatoms. The quantitative estimate of drug-likeness (QED) is 0.359. The highest BCUT2D eigenvalue weighted by molar-refractivity contribution is 9.10. The summed E-state index contributed by atoms with van der Waals surface area (Å²) in [5.41, 5.74) is 1.79. The molecule has 4 rings (SSSR count). The summed E-state index contributed by atoms with van der Waals surface area (Å²) in [5.74, 6) is -0.554. The van der Waals surface area contributed by atoms with Gasteiger partial charge < -0.3 is 5.32 Å². The third-order valence-electron chi connectivity index (χ3n) is 4.57. The lowest BCUT2D eigenvalue weighted by molar-refractivity contribution is -0.112. The molecule has 1 heterocycles. The second-order valence-corrected chi connectivity index (χ2v) is 11.5. The number of halogens is 3. The van der Waals surface area contributed by atoms with Crippen LogP contribution in [-0.4, -0.2) is 14.3 Å². The Balaban J connectivity index is 1.65. The molecule has 158 valence electrons. The van der Waals surface area contributed by atoms with Crippen LogP contribution in [0.1, 0.15) is 11.1 Å². The molecule has 3 aromatic rings. The lowest BCUT2D eigenvalue weighted by Crippen LogP contribution is -2.17. The molecule has 0 fully saturated rings. The van der Waals surface area contributed by atoms with Gasteiger partial charge in [-0.2, -0.15) is 0 Å². The Morgan fingerprint density at radius 2 is 1.68 bits per heavy atom. The first kappa shape index (κ1) is 22.4. The number of fused-ring (bicyclic) bond motifs is 1. The van der Waals surface area contributed by atoms with Gasteiger partial charge in [-0.3, -0.25) is 4.79 Å². The van der Waals surface area contributed by atoms with Crippen molar-refractivity contribution >= 4 is 78.4 Å². The van der Waals surface area contributed by atoms with Gasteiger partial charge in [-0.05, 0) is 54.1 Å². The van der Waals surface area contributed by atoms with E-state index in [1.54, 1.807) is 36.4 Å². The second kappa shape index (κ2) is 9.00. The summed E-state index contributed by atoms with van der Waals surface area (Å²) in [6.07, 6.45) is 1.76. The van der Waals surface area contributed by atoms with Crippen LogP contribution in [0.2, 0.25) is 10.0 Å². The summed E-state index contributed by atoms with van der Waals surface area (Å²) in [6, 6.07) is 17.1. The van der Waals surface area contributed by atoms with Crippen LogP contribution in [0.3, 0.4) is 0 Å². The van der Waals surface area contributed by atoms with E-state index in [-0.39, 0.29) is 16.6 Å². The number of hydrogen-bond acceptors (Lipinski definition) is 4. The molecule has 31 heavy (non-hydrogen) atoms. The van der Waals surface area contributed by atoms with Gasteiger partial charge in [0.05, 0.1) is 21.2 Å². The van der Waals surface area contributed by atoms with E-state index in [0.29, 0.717) is 31.1 Å². The van der Waals surface area contributed by atoms with Gasteiger partial charge in [0.2, 0.25) is 0 Å². The van der Waals surface area contributed by atoms with Gasteiger partial charge in [0.25, 0.3) is 5.91 Å². The Bertz CT molecular complexity index is 1300. The molecule has 0 saturated heterocycles. The van der Waals surface area contributed by atoms with Gasteiger partial charge in [-0.25, -0.2) is 8.42 Å². The van der Waals surface area contributed by atoms with Crippen molar-refractivity contribution in [2.24, 2.45) is 0 Å². The normalized spacial score (nSPS) is 14.9. The van der Waals surface area contributed by atoms with E-state index in [4.69, 9.17) is 23.2 Å². The summed E-state index contributed by atoms with van der Waals surface area (Å²) >= 11 is 16.9. The van der Waals surface area contributed by atoms with Gasteiger partial charge in [-0.15, -0.1) is 0 Å². The fraction of sp³-hybridized carbons (Fsp3) is 0.0455. The largest absolute Gasteiger partial charge is 0.320 e. The molecule has 0 aliphatic carbocycles. The topological polar surface area (TPSA) is 63.2 Å². The van der Waals surface area contributed by atoms with E-state index < -0.39 is 9.84 Å². The van der Waals surface area contributed by atoms with Crippen molar-refractivity contribution in [2.45, 2.75) is 15.5 Å². The van der Waals surface area contributed by atoms with E-state index in [1.165, 1.54) is 17.8 Å². The predicted octanol–water partition coefficient (Wildman–Crippen LogP) is 6.82. The third-order valence-corrected chi connectivity index (χ3v) is 8.53. The molecule has 0 radical (unpaired) electrons. The molecule has 1 aliphatic heterocycles. The second-order valence-electron chi connectivity index (χ2n) is 6.73. The predicted molar refractivity (Wildman–Crippen MR) is 130 cm³/mol. The molecule has 1 amide bonds. The minimum Gasteiger partial charge on any atom is -0.320 e. The van der Waals surface area contributed by atoms with Crippen molar-refractivity contribution in [1.29, 1.82) is 0 Å². The minimum absolute atomic E-state index is 0.133. The number of thioether (sulfide) groups is 1. The highest BCUT2D eigenvalue weighted by Crippen LogP contribution is 2.40. The van der Waals surface area contributed by atoms with E-state index in [2.05, 4.69) is 21.2 Å². The molecule has 1 N–H and O–H groups in total. The Labute approximate surface area is 202 Å². The smallest absolute Gasteiger partial charge is 0.262 e. The molecule has 0 unspecified atom stereocenters. The number of rotatable bonds is 4. The van der Waals surface area contributed by atoms with Crippen LogP contribution < -0.4 is 5.32 Å². The average Bonchev–Trinajstić information content (AvgIpc) is 2.73. The van der Waals surface area contributed by atoms with Crippen LogP contribution in [-0.2, 0) is 20.4 Å². The summed E-state index contributed by atoms with van der Waals surface area (Å²) in [5, 5.41) is 3.42. The van der Waals surface area contributed by atoms with Crippen molar-refractivity contribution in [3.05, 3.63) is 91.2 Å². The maximum atomic E-state index is 13.0. The summed E-state index contributed by atoms with van der Waals surface area (Å²) in [4.78, 5) is 13.7. The first-order valence-corrected chi connectivity index (χ1v) is 13.0. The number of carbonyl (C=O) groups is 1. The standard InChI is InChI=1S/C22H14BrCl2NO3S2/c23-14-6-4-13(5-7-14)10-21-22(27)26-19-9-8-15(11-20(19)30-21)31(28,29)12-16-17(24)2-1-3-18(16)25/h1-11H,12H2,(H,26,27). The molecular weight excluding hydrogens is 541 g/mol. The van der Waals surface area contributed by atoms with Crippen LogP contribution in [0.25, 0.3) is 6.08 Å². The number of carbonyl (C=O) groups excluding carboxylic acids is 1. The Morgan fingerprint density at radius 3 is 2.35 bits per heavy atom. The van der Waals surface area contributed by atoms with Crippen LogP contribution in [0, 0.1) is 0 Å². The van der Waals surface area contributed by atoms with Gasteiger partial charge in [0.1, 0.15) is 0 Å². The van der Waals surface area contributed by atoms with Crippen molar-refractivity contribution in [3.63, 3.8) is 0 Å². The van der Waals surface area contributed by atoms with Gasteiger partial charge >= 0.3 is 0 Å². The first-order valence-electron chi connectivity index (χ1n) is 8.99. The summed E-state index contributed by atoms with van der Waals surface area (Å²) in [6.45, 7) is 0. The fourth-order valence-electron chi connectivity index (χ4n) is 2.98. The Morgan fingerprint density at radius 1 is 1.00 bits per heavy atom. The number of amides is 1. The maximum absolute atomic E-state index is 13.0. The maximum Gasteiger partial charge on any atom is 0.262 e. The van der Waals surface area contributed by atoms with E-state index in [9.17, 15) is 13.2 Å². The molecule has 4 nitrogen and oxygen atoms in total. The molecule has 1 aliphatic rings. The number of benzene rings is 3. The van der Waals surface area contributed by atoms with E-state index in [1.807, 2.05) is 24.3 Å². The zero-order valence-electron chi connectivity index (χ0n) is 15.7. The molecule has 0 atom stereocenters. The Hall–Kier alpha value is -1.77. The minimum atomic E-state index is -3.71. The van der Waals surface area contributed by atoms with Gasteiger partial charge in [0, 0.05) is 25.0 Å². The summed E-state index contributed by atoms with van der Waals surface area (Å²) in [7, 11) is -3.71. The molecule has 0 saturated carbocycles. The van der Waals surface area contributed by atoms with Gasteiger partial charge in [-0.1, -0.05) is 69.1 Å². The van der Waals surface area contributed by atoms with Crippen LogP contribution >= 0.6 is 50.9 Å². The van der Waals surface area contributed by atoms with E-state index >= 15 is 0 Å².